The van der Waals surface area contributed by atoms with E-state index >= 15 is 0 Å². The molecule has 2 heterocycles. The standard InChI is InChI=1S/C12H10N4O4/c17-9(16-12-14-5-2-6-15-12)7-20-8-3-1-4-13-10(8)11(18)19/h1-6H,7H2,(H,18,19)(H,14,15,16,17). The third-order valence-electron chi connectivity index (χ3n) is 2.15. The summed E-state index contributed by atoms with van der Waals surface area (Å²) in [5.41, 5.74) is -0.253. The Balaban J connectivity index is 1.96. The average Bonchev–Trinajstić information content (AvgIpc) is 2.46. The van der Waals surface area contributed by atoms with Gasteiger partial charge in [0.05, 0.1) is 0 Å². The van der Waals surface area contributed by atoms with E-state index in [9.17, 15) is 9.59 Å². The molecule has 0 bridgehead atoms. The first-order valence-corrected chi connectivity index (χ1v) is 5.55. The Morgan fingerprint density at radius 3 is 2.55 bits per heavy atom. The molecule has 8 heteroatoms. The molecule has 1 amide bonds. The highest BCUT2D eigenvalue weighted by Crippen LogP contribution is 2.14. The molecule has 0 atom stereocenters. The molecule has 0 spiro atoms. The van der Waals surface area contributed by atoms with Gasteiger partial charge in [-0.05, 0) is 18.2 Å². The third kappa shape index (κ3) is 3.48. The minimum absolute atomic E-state index is 0.0177. The van der Waals surface area contributed by atoms with Gasteiger partial charge in [-0.15, -0.1) is 0 Å². The van der Waals surface area contributed by atoms with E-state index in [-0.39, 0.29) is 24.0 Å². The van der Waals surface area contributed by atoms with Crippen molar-refractivity contribution in [2.45, 2.75) is 0 Å². The van der Waals surface area contributed by atoms with Gasteiger partial charge in [0, 0.05) is 18.6 Å². The molecule has 0 saturated heterocycles. The van der Waals surface area contributed by atoms with Crippen LogP contribution in [0.4, 0.5) is 5.95 Å². The topological polar surface area (TPSA) is 114 Å². The van der Waals surface area contributed by atoms with Crippen LogP contribution in [0.25, 0.3) is 0 Å². The van der Waals surface area contributed by atoms with Gasteiger partial charge in [-0.25, -0.2) is 19.7 Å². The Morgan fingerprint density at radius 1 is 1.15 bits per heavy atom. The largest absolute Gasteiger partial charge is 0.481 e. The lowest BCUT2D eigenvalue weighted by atomic mass is 10.3. The lowest BCUT2D eigenvalue weighted by Crippen LogP contribution is -2.22. The van der Waals surface area contributed by atoms with E-state index in [0.29, 0.717) is 0 Å². The summed E-state index contributed by atoms with van der Waals surface area (Å²) in [6.07, 6.45) is 4.29. The fourth-order valence-electron chi connectivity index (χ4n) is 1.34. The van der Waals surface area contributed by atoms with Crippen molar-refractivity contribution < 1.29 is 19.4 Å². The van der Waals surface area contributed by atoms with Crippen LogP contribution in [-0.4, -0.2) is 38.5 Å². The van der Waals surface area contributed by atoms with Crippen LogP contribution in [-0.2, 0) is 4.79 Å². The number of carboxylic acids is 1. The average molecular weight is 274 g/mol. The van der Waals surface area contributed by atoms with Crippen molar-refractivity contribution in [1.82, 2.24) is 15.0 Å². The number of anilines is 1. The van der Waals surface area contributed by atoms with E-state index in [1.807, 2.05) is 0 Å². The molecule has 0 aliphatic rings. The van der Waals surface area contributed by atoms with Gasteiger partial charge in [0.1, 0.15) is 0 Å². The summed E-state index contributed by atoms with van der Waals surface area (Å²) in [5.74, 6) is -1.57. The summed E-state index contributed by atoms with van der Waals surface area (Å²) in [4.78, 5) is 33.8. The molecule has 2 aromatic rings. The predicted octanol–water partition coefficient (Wildman–Crippen LogP) is 0.587. The molecule has 102 valence electrons. The predicted molar refractivity (Wildman–Crippen MR) is 67.4 cm³/mol. The molecule has 0 aromatic carbocycles. The molecular weight excluding hydrogens is 264 g/mol. The number of carbonyl (C=O) groups excluding carboxylic acids is 1. The minimum Gasteiger partial charge on any atom is -0.481 e. The zero-order chi connectivity index (χ0) is 14.4. The van der Waals surface area contributed by atoms with Crippen LogP contribution in [0, 0.1) is 0 Å². The summed E-state index contributed by atoms with van der Waals surface area (Å²) in [6.45, 7) is -0.371. The van der Waals surface area contributed by atoms with E-state index in [0.717, 1.165) is 0 Å². The third-order valence-corrected chi connectivity index (χ3v) is 2.15. The Labute approximate surface area is 113 Å². The number of nitrogens with one attached hydrogen (secondary N) is 1. The van der Waals surface area contributed by atoms with E-state index in [1.165, 1.54) is 30.7 Å². The summed E-state index contributed by atoms with van der Waals surface area (Å²) < 4.78 is 5.12. The van der Waals surface area contributed by atoms with Crippen molar-refractivity contribution in [3.8, 4) is 5.75 Å². The summed E-state index contributed by atoms with van der Waals surface area (Å²) in [7, 11) is 0. The van der Waals surface area contributed by atoms with Crippen LogP contribution < -0.4 is 10.1 Å². The van der Waals surface area contributed by atoms with Crippen molar-refractivity contribution >= 4 is 17.8 Å². The molecule has 0 saturated carbocycles. The second-order valence-electron chi connectivity index (χ2n) is 3.56. The Hall–Kier alpha value is -3.03. The van der Waals surface area contributed by atoms with Crippen LogP contribution >= 0.6 is 0 Å². The Morgan fingerprint density at radius 2 is 1.85 bits per heavy atom. The van der Waals surface area contributed by atoms with Gasteiger partial charge in [0.2, 0.25) is 5.95 Å². The van der Waals surface area contributed by atoms with E-state index < -0.39 is 11.9 Å². The van der Waals surface area contributed by atoms with Gasteiger partial charge in [-0.1, -0.05) is 0 Å². The summed E-state index contributed by atoms with van der Waals surface area (Å²) in [5, 5.41) is 11.3. The number of aromatic carboxylic acids is 1. The number of hydrogen-bond donors (Lipinski definition) is 2. The number of pyridine rings is 1. The fraction of sp³-hybridized carbons (Fsp3) is 0.0833. The van der Waals surface area contributed by atoms with Crippen molar-refractivity contribution in [1.29, 1.82) is 0 Å². The number of rotatable bonds is 5. The maximum absolute atomic E-state index is 11.6. The minimum atomic E-state index is -1.23. The van der Waals surface area contributed by atoms with Crippen molar-refractivity contribution in [3.63, 3.8) is 0 Å². The lowest BCUT2D eigenvalue weighted by molar-refractivity contribution is -0.118. The first kappa shape index (κ1) is 13.4. The molecule has 2 aromatic heterocycles. The molecule has 2 rings (SSSR count). The number of amides is 1. The van der Waals surface area contributed by atoms with Crippen molar-refractivity contribution in [2.24, 2.45) is 0 Å². The number of carboxylic acid groups (broad SMARTS) is 1. The van der Waals surface area contributed by atoms with Crippen LogP contribution in [0.5, 0.6) is 5.75 Å². The number of carbonyl (C=O) groups is 2. The summed E-state index contributed by atoms with van der Waals surface area (Å²) >= 11 is 0. The summed E-state index contributed by atoms with van der Waals surface area (Å²) in [6, 6.07) is 4.55. The molecular formula is C12H10N4O4. The van der Waals surface area contributed by atoms with Crippen LogP contribution in [0.2, 0.25) is 0 Å². The highest BCUT2D eigenvalue weighted by molar-refractivity contribution is 5.91. The smallest absolute Gasteiger partial charge is 0.358 e. The molecule has 0 aliphatic heterocycles. The van der Waals surface area contributed by atoms with Gasteiger partial charge < -0.3 is 9.84 Å². The molecule has 2 N–H and O–H groups in total. The first-order valence-electron chi connectivity index (χ1n) is 5.55. The molecule has 0 unspecified atom stereocenters. The monoisotopic (exact) mass is 274 g/mol. The molecule has 20 heavy (non-hydrogen) atoms. The number of ether oxygens (including phenoxy) is 1. The van der Waals surface area contributed by atoms with E-state index in [2.05, 4.69) is 20.3 Å². The molecule has 0 fully saturated rings. The van der Waals surface area contributed by atoms with Crippen LogP contribution in [0.1, 0.15) is 10.5 Å². The van der Waals surface area contributed by atoms with Crippen molar-refractivity contribution in [2.75, 3.05) is 11.9 Å². The Bertz CT molecular complexity index is 618. The normalized spacial score (nSPS) is 9.80. The number of hydrogen-bond acceptors (Lipinski definition) is 6. The Kier molecular flexibility index (Phi) is 4.17. The number of nitrogens with zero attached hydrogens (tertiary/aromatic N) is 3. The molecule has 0 aliphatic carbocycles. The number of aromatic nitrogens is 3. The van der Waals surface area contributed by atoms with E-state index in [1.54, 1.807) is 6.07 Å². The molecule has 0 radical (unpaired) electrons. The van der Waals surface area contributed by atoms with Gasteiger partial charge in [-0.2, -0.15) is 0 Å². The maximum atomic E-state index is 11.6. The quantitative estimate of drug-likeness (QED) is 0.819. The van der Waals surface area contributed by atoms with Gasteiger partial charge >= 0.3 is 5.97 Å². The fourth-order valence-corrected chi connectivity index (χ4v) is 1.34. The second kappa shape index (κ2) is 6.23. The van der Waals surface area contributed by atoms with E-state index in [4.69, 9.17) is 9.84 Å². The van der Waals surface area contributed by atoms with Gasteiger partial charge in [-0.3, -0.25) is 10.1 Å². The van der Waals surface area contributed by atoms with Gasteiger partial charge in [0.15, 0.2) is 18.1 Å². The highest BCUT2D eigenvalue weighted by atomic mass is 16.5. The SMILES string of the molecule is O=C(COc1cccnc1C(=O)O)Nc1ncccn1. The molecule has 8 nitrogen and oxygen atoms in total. The maximum Gasteiger partial charge on any atom is 0.358 e. The van der Waals surface area contributed by atoms with Gasteiger partial charge in [0.25, 0.3) is 5.91 Å². The van der Waals surface area contributed by atoms with Crippen LogP contribution in [0.3, 0.4) is 0 Å². The zero-order valence-corrected chi connectivity index (χ0v) is 10.2. The zero-order valence-electron chi connectivity index (χ0n) is 10.2. The second-order valence-corrected chi connectivity index (χ2v) is 3.56. The lowest BCUT2D eigenvalue weighted by Gasteiger charge is -2.07. The highest BCUT2D eigenvalue weighted by Gasteiger charge is 2.13. The first-order chi connectivity index (χ1) is 9.66. The van der Waals surface area contributed by atoms with Crippen LogP contribution in [0.15, 0.2) is 36.8 Å². The van der Waals surface area contributed by atoms with Crippen molar-refractivity contribution in [3.05, 3.63) is 42.5 Å².